The van der Waals surface area contributed by atoms with E-state index >= 15 is 0 Å². The molecule has 1 unspecified atom stereocenters. The van der Waals surface area contributed by atoms with Crippen molar-refractivity contribution in [3.8, 4) is 0 Å². The third-order valence-corrected chi connectivity index (χ3v) is 5.69. The van der Waals surface area contributed by atoms with E-state index in [0.29, 0.717) is 38.0 Å². The Morgan fingerprint density at radius 3 is 2.44 bits per heavy atom. The van der Waals surface area contributed by atoms with Crippen LogP contribution in [-0.4, -0.2) is 65.6 Å². The Bertz CT molecular complexity index is 613. The van der Waals surface area contributed by atoms with Crippen molar-refractivity contribution in [3.63, 3.8) is 0 Å². The number of hydrogen-bond donors (Lipinski definition) is 1. The number of rotatable bonds is 6. The van der Waals surface area contributed by atoms with Crippen molar-refractivity contribution in [1.29, 1.82) is 0 Å². The quantitative estimate of drug-likeness (QED) is 0.780. The lowest BCUT2D eigenvalue weighted by Gasteiger charge is -2.37. The monoisotopic (exact) mass is 365 g/mol. The first-order valence-electron chi connectivity index (χ1n) is 8.73. The predicted octanol–water partition coefficient (Wildman–Crippen LogP) is 1.73. The summed E-state index contributed by atoms with van der Waals surface area (Å²) in [6.45, 7) is 4.64. The van der Waals surface area contributed by atoms with Gasteiger partial charge in [0.15, 0.2) is 0 Å². The maximum Gasteiger partial charge on any atom is 0.237 e. The van der Waals surface area contributed by atoms with Crippen LogP contribution >= 0.6 is 11.8 Å². The van der Waals surface area contributed by atoms with E-state index in [9.17, 15) is 14.0 Å². The highest BCUT2D eigenvalue weighted by molar-refractivity contribution is 8.00. The maximum absolute atomic E-state index is 12.9. The number of benzene rings is 1. The van der Waals surface area contributed by atoms with Crippen LogP contribution in [0.5, 0.6) is 0 Å². The number of piperazine rings is 1. The summed E-state index contributed by atoms with van der Waals surface area (Å²) in [5, 5.41) is 3.04. The summed E-state index contributed by atoms with van der Waals surface area (Å²) in [5.74, 6) is 0.258. The molecule has 7 heteroatoms. The van der Waals surface area contributed by atoms with Crippen molar-refractivity contribution in [1.82, 2.24) is 15.1 Å². The zero-order chi connectivity index (χ0) is 17.8. The van der Waals surface area contributed by atoms with Gasteiger partial charge < -0.3 is 10.2 Å². The highest BCUT2D eigenvalue weighted by atomic mass is 32.2. The normalized spacial score (nSPS) is 19.5. The topological polar surface area (TPSA) is 52.7 Å². The van der Waals surface area contributed by atoms with Gasteiger partial charge in [-0.1, -0.05) is 0 Å². The van der Waals surface area contributed by atoms with E-state index < -0.39 is 0 Å². The number of amides is 2. The largest absolute Gasteiger partial charge is 0.352 e. The minimum Gasteiger partial charge on any atom is -0.352 e. The number of carbonyl (C=O) groups excluding carboxylic acids is 2. The summed E-state index contributed by atoms with van der Waals surface area (Å²) in [5.41, 5.74) is 0. The first-order chi connectivity index (χ1) is 12.0. The highest BCUT2D eigenvalue weighted by Crippen LogP contribution is 2.20. The van der Waals surface area contributed by atoms with Crippen LogP contribution in [0.2, 0.25) is 0 Å². The molecule has 0 aromatic heterocycles. The molecule has 136 valence electrons. The summed E-state index contributed by atoms with van der Waals surface area (Å²) in [7, 11) is 0. The minimum absolute atomic E-state index is 0.0871. The first-order valence-corrected chi connectivity index (χ1v) is 9.72. The molecule has 2 aliphatic rings. The molecule has 5 nitrogen and oxygen atoms in total. The fourth-order valence-electron chi connectivity index (χ4n) is 2.84. The summed E-state index contributed by atoms with van der Waals surface area (Å²) in [6, 6.07) is 6.41. The van der Waals surface area contributed by atoms with E-state index in [2.05, 4.69) is 10.2 Å². The van der Waals surface area contributed by atoms with Crippen LogP contribution in [0.25, 0.3) is 0 Å². The lowest BCUT2D eigenvalue weighted by atomic mass is 10.2. The molecule has 1 aromatic carbocycles. The van der Waals surface area contributed by atoms with Gasteiger partial charge in [0.2, 0.25) is 11.8 Å². The van der Waals surface area contributed by atoms with Gasteiger partial charge in [-0.3, -0.25) is 14.5 Å². The van der Waals surface area contributed by atoms with Gasteiger partial charge in [0, 0.05) is 37.1 Å². The van der Waals surface area contributed by atoms with Crippen molar-refractivity contribution in [2.75, 3.05) is 31.9 Å². The van der Waals surface area contributed by atoms with Gasteiger partial charge in [0.1, 0.15) is 5.82 Å². The Kier molecular flexibility index (Phi) is 5.96. The van der Waals surface area contributed by atoms with Crippen molar-refractivity contribution < 1.29 is 14.0 Å². The lowest BCUT2D eigenvalue weighted by molar-refractivity contribution is -0.131. The van der Waals surface area contributed by atoms with E-state index in [1.807, 2.05) is 11.8 Å². The minimum atomic E-state index is -0.272. The fourth-order valence-corrected chi connectivity index (χ4v) is 3.64. The van der Waals surface area contributed by atoms with Crippen molar-refractivity contribution in [2.24, 2.45) is 0 Å². The molecule has 1 aliphatic carbocycles. The molecule has 2 fully saturated rings. The number of thioether (sulfide) groups is 1. The van der Waals surface area contributed by atoms with Crippen LogP contribution in [0.1, 0.15) is 19.8 Å². The SMILES string of the molecule is CC(C(=O)NC1CC1)N1CCN(C(=O)CSc2ccc(F)cc2)CC1. The van der Waals surface area contributed by atoms with Crippen molar-refractivity contribution >= 4 is 23.6 Å². The average molecular weight is 365 g/mol. The molecular formula is C18H24FN3O2S. The van der Waals surface area contributed by atoms with E-state index in [4.69, 9.17) is 0 Å². The Morgan fingerprint density at radius 2 is 1.84 bits per heavy atom. The van der Waals surface area contributed by atoms with E-state index in [0.717, 1.165) is 17.7 Å². The second-order valence-electron chi connectivity index (χ2n) is 6.62. The number of nitrogens with one attached hydrogen (secondary N) is 1. The van der Waals surface area contributed by atoms with Crippen LogP contribution in [0.15, 0.2) is 29.2 Å². The molecule has 1 aliphatic heterocycles. The van der Waals surface area contributed by atoms with Gasteiger partial charge in [0.25, 0.3) is 0 Å². The fraction of sp³-hybridized carbons (Fsp3) is 0.556. The third kappa shape index (κ3) is 5.19. The van der Waals surface area contributed by atoms with Crippen molar-refractivity contribution in [3.05, 3.63) is 30.1 Å². The Balaban J connectivity index is 1.40. The molecule has 1 heterocycles. The predicted molar refractivity (Wildman–Crippen MR) is 95.9 cm³/mol. The van der Waals surface area contributed by atoms with Crippen LogP contribution in [-0.2, 0) is 9.59 Å². The van der Waals surface area contributed by atoms with Crippen LogP contribution < -0.4 is 5.32 Å². The Hall–Kier alpha value is -1.60. The van der Waals surface area contributed by atoms with Crippen LogP contribution in [0.4, 0.5) is 4.39 Å². The van der Waals surface area contributed by atoms with Gasteiger partial charge in [-0.15, -0.1) is 11.8 Å². The molecule has 0 spiro atoms. The average Bonchev–Trinajstić information content (AvgIpc) is 3.44. The second-order valence-corrected chi connectivity index (χ2v) is 7.67. The molecule has 0 bridgehead atoms. The van der Waals surface area contributed by atoms with Gasteiger partial charge in [0.05, 0.1) is 11.8 Å². The molecule has 2 amide bonds. The second kappa shape index (κ2) is 8.19. The molecule has 3 rings (SSSR count). The van der Waals surface area contributed by atoms with Gasteiger partial charge in [-0.25, -0.2) is 4.39 Å². The number of hydrogen-bond acceptors (Lipinski definition) is 4. The molecule has 0 radical (unpaired) electrons. The van der Waals surface area contributed by atoms with E-state index in [-0.39, 0.29) is 23.7 Å². The zero-order valence-corrected chi connectivity index (χ0v) is 15.2. The zero-order valence-electron chi connectivity index (χ0n) is 14.4. The van der Waals surface area contributed by atoms with Gasteiger partial charge >= 0.3 is 0 Å². The van der Waals surface area contributed by atoms with Gasteiger partial charge in [-0.2, -0.15) is 0 Å². The Morgan fingerprint density at radius 1 is 1.20 bits per heavy atom. The van der Waals surface area contributed by atoms with Crippen LogP contribution in [0.3, 0.4) is 0 Å². The van der Waals surface area contributed by atoms with Crippen molar-refractivity contribution in [2.45, 2.75) is 36.7 Å². The summed E-state index contributed by atoms with van der Waals surface area (Å²) in [6.07, 6.45) is 2.18. The molecule has 1 aromatic rings. The van der Waals surface area contributed by atoms with Crippen LogP contribution in [0, 0.1) is 5.82 Å². The summed E-state index contributed by atoms with van der Waals surface area (Å²) in [4.78, 5) is 29.3. The molecular weight excluding hydrogens is 341 g/mol. The van der Waals surface area contributed by atoms with E-state index in [1.165, 1.54) is 23.9 Å². The smallest absolute Gasteiger partial charge is 0.237 e. The molecule has 25 heavy (non-hydrogen) atoms. The lowest BCUT2D eigenvalue weighted by Crippen LogP contribution is -2.55. The molecule has 1 N–H and O–H groups in total. The maximum atomic E-state index is 12.9. The van der Waals surface area contributed by atoms with Gasteiger partial charge in [-0.05, 0) is 44.0 Å². The number of carbonyl (C=O) groups is 2. The third-order valence-electron chi connectivity index (χ3n) is 4.69. The van der Waals surface area contributed by atoms with E-state index in [1.54, 1.807) is 12.1 Å². The summed E-state index contributed by atoms with van der Waals surface area (Å²) < 4.78 is 12.9. The summed E-state index contributed by atoms with van der Waals surface area (Å²) >= 11 is 1.42. The standard InChI is InChI=1S/C18H24FN3O2S/c1-13(18(24)20-15-4-5-15)21-8-10-22(11-9-21)17(23)12-25-16-6-2-14(19)3-7-16/h2-3,6-7,13,15H,4-5,8-12H2,1H3,(H,20,24). The number of nitrogens with zero attached hydrogens (tertiary/aromatic N) is 2. The molecule has 1 saturated heterocycles. The molecule has 1 saturated carbocycles. The highest BCUT2D eigenvalue weighted by Gasteiger charge is 2.30. The first kappa shape index (κ1) is 18.2. The number of halogens is 1. The Labute approximate surface area is 151 Å². The molecule has 1 atom stereocenters.